The predicted molar refractivity (Wildman–Crippen MR) is 80.8 cm³/mol. The normalized spacial score (nSPS) is 12.0. The lowest BCUT2D eigenvalue weighted by molar-refractivity contribution is 0.0916. The first kappa shape index (κ1) is 15.6. The number of carbonyl (C=O) groups is 1. The first-order valence-electron chi connectivity index (χ1n) is 6.06. The highest BCUT2D eigenvalue weighted by Crippen LogP contribution is 2.23. The maximum Gasteiger partial charge on any atom is 0.251 e. The number of aromatic amines is 1. The average molecular weight is 327 g/mol. The van der Waals surface area contributed by atoms with E-state index in [2.05, 4.69) is 10.3 Å². The van der Waals surface area contributed by atoms with Gasteiger partial charge < -0.3 is 15.4 Å². The van der Waals surface area contributed by atoms with Crippen LogP contribution in [0.4, 0.5) is 0 Å². The second-order valence-electron chi connectivity index (χ2n) is 4.37. The zero-order valence-corrected chi connectivity index (χ0v) is 12.3. The Kier molecular flexibility index (Phi) is 5.01. The van der Waals surface area contributed by atoms with Crippen LogP contribution in [0, 0.1) is 0 Å². The Balaban J connectivity index is 2.02. The molecule has 2 rings (SSSR count). The summed E-state index contributed by atoms with van der Waals surface area (Å²) >= 11 is 11.7. The van der Waals surface area contributed by atoms with E-state index in [0.717, 1.165) is 0 Å². The van der Waals surface area contributed by atoms with Gasteiger partial charge in [0.1, 0.15) is 0 Å². The molecule has 1 amide bonds. The molecule has 0 radical (unpaired) electrons. The molecular formula is C14H12Cl2N2O3. The molecule has 2 aromatic rings. The molecule has 0 spiro atoms. The van der Waals surface area contributed by atoms with Crippen LogP contribution in [0.25, 0.3) is 0 Å². The van der Waals surface area contributed by atoms with Crippen molar-refractivity contribution < 1.29 is 9.90 Å². The van der Waals surface area contributed by atoms with Gasteiger partial charge in [0.15, 0.2) is 0 Å². The van der Waals surface area contributed by atoms with E-state index in [1.54, 1.807) is 18.2 Å². The van der Waals surface area contributed by atoms with Gasteiger partial charge in [-0.25, -0.2) is 0 Å². The van der Waals surface area contributed by atoms with Crippen molar-refractivity contribution in [3.8, 4) is 0 Å². The third kappa shape index (κ3) is 4.32. The monoisotopic (exact) mass is 326 g/mol. The highest BCUT2D eigenvalue weighted by atomic mass is 35.5. The number of rotatable bonds is 4. The molecule has 1 unspecified atom stereocenters. The molecular weight excluding hydrogens is 315 g/mol. The molecule has 1 aromatic heterocycles. The van der Waals surface area contributed by atoms with E-state index in [4.69, 9.17) is 23.2 Å². The van der Waals surface area contributed by atoms with Gasteiger partial charge in [0, 0.05) is 34.4 Å². The SMILES string of the molecule is O=C(NCC(O)c1cc(Cl)cc(Cl)c1)c1cc[nH]c(=O)c1. The summed E-state index contributed by atoms with van der Waals surface area (Å²) in [5, 5.41) is 13.4. The minimum atomic E-state index is -0.952. The highest BCUT2D eigenvalue weighted by Gasteiger charge is 2.12. The van der Waals surface area contributed by atoms with Crippen LogP contribution in [0.1, 0.15) is 22.0 Å². The van der Waals surface area contributed by atoms with Crippen molar-refractivity contribution in [1.29, 1.82) is 0 Å². The minimum Gasteiger partial charge on any atom is -0.387 e. The highest BCUT2D eigenvalue weighted by molar-refractivity contribution is 6.34. The molecule has 110 valence electrons. The summed E-state index contributed by atoms with van der Waals surface area (Å²) in [7, 11) is 0. The summed E-state index contributed by atoms with van der Waals surface area (Å²) in [6, 6.07) is 7.33. The third-order valence-electron chi connectivity index (χ3n) is 2.76. The van der Waals surface area contributed by atoms with E-state index in [1.165, 1.54) is 18.3 Å². The summed E-state index contributed by atoms with van der Waals surface area (Å²) < 4.78 is 0. The molecule has 1 atom stereocenters. The first-order chi connectivity index (χ1) is 9.95. The first-order valence-corrected chi connectivity index (χ1v) is 6.82. The second kappa shape index (κ2) is 6.76. The van der Waals surface area contributed by atoms with Crippen LogP contribution in [0.2, 0.25) is 10.0 Å². The van der Waals surface area contributed by atoms with Gasteiger partial charge in [-0.1, -0.05) is 23.2 Å². The lowest BCUT2D eigenvalue weighted by Gasteiger charge is -2.13. The smallest absolute Gasteiger partial charge is 0.251 e. The Labute approximate surface area is 130 Å². The van der Waals surface area contributed by atoms with E-state index < -0.39 is 12.0 Å². The fraction of sp³-hybridized carbons (Fsp3) is 0.143. The van der Waals surface area contributed by atoms with Crippen molar-refractivity contribution in [2.45, 2.75) is 6.10 Å². The van der Waals surface area contributed by atoms with Crippen molar-refractivity contribution in [1.82, 2.24) is 10.3 Å². The van der Waals surface area contributed by atoms with Gasteiger partial charge in [0.25, 0.3) is 5.91 Å². The van der Waals surface area contributed by atoms with E-state index in [0.29, 0.717) is 15.6 Å². The van der Waals surface area contributed by atoms with Gasteiger partial charge in [0.05, 0.1) is 6.10 Å². The van der Waals surface area contributed by atoms with Crippen molar-refractivity contribution in [3.63, 3.8) is 0 Å². The van der Waals surface area contributed by atoms with Crippen molar-refractivity contribution in [2.24, 2.45) is 0 Å². The van der Waals surface area contributed by atoms with E-state index >= 15 is 0 Å². The fourth-order valence-corrected chi connectivity index (χ4v) is 2.31. The summed E-state index contributed by atoms with van der Waals surface area (Å²) in [4.78, 5) is 25.4. The van der Waals surface area contributed by atoms with Crippen molar-refractivity contribution in [2.75, 3.05) is 6.54 Å². The molecule has 0 saturated heterocycles. The third-order valence-corrected chi connectivity index (χ3v) is 3.20. The number of aliphatic hydroxyl groups excluding tert-OH is 1. The van der Waals surface area contributed by atoms with Gasteiger partial charge in [0.2, 0.25) is 5.56 Å². The van der Waals surface area contributed by atoms with E-state index in [9.17, 15) is 14.7 Å². The molecule has 0 aliphatic rings. The zero-order chi connectivity index (χ0) is 15.4. The van der Waals surface area contributed by atoms with Crippen molar-refractivity contribution >= 4 is 29.1 Å². The molecule has 0 saturated carbocycles. The quantitative estimate of drug-likeness (QED) is 0.805. The van der Waals surface area contributed by atoms with Gasteiger partial charge in [-0.3, -0.25) is 9.59 Å². The minimum absolute atomic E-state index is 0.0255. The zero-order valence-electron chi connectivity index (χ0n) is 10.8. The molecule has 3 N–H and O–H groups in total. The fourth-order valence-electron chi connectivity index (χ4n) is 1.76. The number of carbonyl (C=O) groups excluding carboxylic acids is 1. The van der Waals surface area contributed by atoms with E-state index in [-0.39, 0.29) is 17.7 Å². The summed E-state index contributed by atoms with van der Waals surface area (Å²) in [6.45, 7) is -0.0255. The van der Waals surface area contributed by atoms with Crippen LogP contribution in [-0.2, 0) is 0 Å². The average Bonchev–Trinajstić information content (AvgIpc) is 2.43. The molecule has 0 bridgehead atoms. The number of aromatic nitrogens is 1. The van der Waals surface area contributed by atoms with Crippen molar-refractivity contribution in [3.05, 3.63) is 68.1 Å². The van der Waals surface area contributed by atoms with Gasteiger partial charge >= 0.3 is 0 Å². The van der Waals surface area contributed by atoms with Crippen LogP contribution >= 0.6 is 23.2 Å². The number of hydrogen-bond acceptors (Lipinski definition) is 3. The molecule has 1 heterocycles. The maximum absolute atomic E-state index is 11.8. The number of hydrogen-bond donors (Lipinski definition) is 3. The number of halogens is 2. The predicted octanol–water partition coefficient (Wildman–Crippen LogP) is 2.15. The largest absolute Gasteiger partial charge is 0.387 e. The van der Waals surface area contributed by atoms with E-state index in [1.807, 2.05) is 0 Å². The Morgan fingerprint density at radius 3 is 2.52 bits per heavy atom. The molecule has 0 aliphatic heterocycles. The number of amides is 1. The van der Waals surface area contributed by atoms with Crippen LogP contribution in [0.15, 0.2) is 41.3 Å². The summed E-state index contributed by atoms with van der Waals surface area (Å²) in [5.41, 5.74) is 0.346. The van der Waals surface area contributed by atoms with Crippen LogP contribution < -0.4 is 10.9 Å². The van der Waals surface area contributed by atoms with Gasteiger partial charge in [-0.2, -0.15) is 0 Å². The Hall–Kier alpha value is -1.82. The van der Waals surface area contributed by atoms with Crippen LogP contribution in [0.5, 0.6) is 0 Å². The Morgan fingerprint density at radius 2 is 1.90 bits per heavy atom. The molecule has 0 aliphatic carbocycles. The molecule has 1 aromatic carbocycles. The molecule has 21 heavy (non-hydrogen) atoms. The standard InChI is InChI=1S/C14H12Cl2N2O3/c15-10-3-9(4-11(16)6-10)12(19)7-18-14(21)8-1-2-17-13(20)5-8/h1-6,12,19H,7H2,(H,17,20)(H,18,21). The number of aliphatic hydroxyl groups is 1. The molecule has 0 fully saturated rings. The van der Waals surface area contributed by atoms with Crippen LogP contribution in [0.3, 0.4) is 0 Å². The lowest BCUT2D eigenvalue weighted by Crippen LogP contribution is -2.29. The van der Waals surface area contributed by atoms with Crippen LogP contribution in [-0.4, -0.2) is 22.5 Å². The molecule has 7 heteroatoms. The second-order valence-corrected chi connectivity index (χ2v) is 5.24. The number of nitrogens with one attached hydrogen (secondary N) is 2. The van der Waals surface area contributed by atoms with Gasteiger partial charge in [-0.05, 0) is 29.8 Å². The number of benzene rings is 1. The van der Waals surface area contributed by atoms with Gasteiger partial charge in [-0.15, -0.1) is 0 Å². The Morgan fingerprint density at radius 1 is 1.24 bits per heavy atom. The molecule has 5 nitrogen and oxygen atoms in total. The number of pyridine rings is 1. The summed E-state index contributed by atoms with van der Waals surface area (Å²) in [5.74, 6) is -0.451. The summed E-state index contributed by atoms with van der Waals surface area (Å²) in [6.07, 6.45) is 0.428. The Bertz CT molecular complexity index is 695. The maximum atomic E-state index is 11.8. The number of H-pyrrole nitrogens is 1. The topological polar surface area (TPSA) is 82.2 Å². The lowest BCUT2D eigenvalue weighted by atomic mass is 10.1.